The number of carbonyl (C=O) groups excluding carboxylic acids is 3. The van der Waals surface area contributed by atoms with E-state index in [2.05, 4.69) is 5.32 Å². The van der Waals surface area contributed by atoms with E-state index < -0.39 is 28.1 Å². The minimum absolute atomic E-state index is 0.103. The van der Waals surface area contributed by atoms with Gasteiger partial charge in [0.2, 0.25) is 17.7 Å². The first-order valence-corrected chi connectivity index (χ1v) is 9.51. The van der Waals surface area contributed by atoms with Crippen molar-refractivity contribution < 1.29 is 37.3 Å². The van der Waals surface area contributed by atoms with Crippen molar-refractivity contribution in [2.75, 3.05) is 9.74 Å². The van der Waals surface area contributed by atoms with Crippen LogP contribution in [0.3, 0.4) is 0 Å². The fraction of sp³-hybridized carbons (Fsp3) is 0.231. The van der Waals surface area contributed by atoms with Gasteiger partial charge >= 0.3 is 16.3 Å². The summed E-state index contributed by atoms with van der Waals surface area (Å²) in [6, 6.07) is 6.03. The summed E-state index contributed by atoms with van der Waals surface area (Å²) in [6.45, 7) is 0. The average molecular weight is 484 g/mol. The third kappa shape index (κ3) is 6.39. The number of amides is 3. The Morgan fingerprint density at radius 1 is 1.12 bits per heavy atom. The number of carboxylic acid groups (broad SMARTS) is 1. The Hall–Kier alpha value is -2.06. The molecule has 3 N–H and O–H groups in total. The number of benzene rings is 1. The molecular formula is C13H13IN2O8S. The zero-order valence-electron chi connectivity index (χ0n) is 12.5. The molecule has 3 amide bonds. The van der Waals surface area contributed by atoms with Crippen molar-refractivity contribution >= 4 is 62.3 Å². The molecule has 1 saturated heterocycles. The van der Waals surface area contributed by atoms with Gasteiger partial charge in [-0.1, -0.05) is 22.6 Å². The van der Waals surface area contributed by atoms with Crippen LogP contribution in [0, 0.1) is 0 Å². The van der Waals surface area contributed by atoms with E-state index in [1.165, 1.54) is 12.1 Å². The molecular weight excluding hydrogens is 471 g/mol. The molecule has 1 heterocycles. The fourth-order valence-electron chi connectivity index (χ4n) is 1.70. The molecule has 25 heavy (non-hydrogen) atoms. The maximum atomic E-state index is 11.0. The van der Waals surface area contributed by atoms with Gasteiger partial charge in [0.1, 0.15) is 0 Å². The van der Waals surface area contributed by atoms with E-state index in [4.69, 9.17) is 9.66 Å². The van der Waals surface area contributed by atoms with Crippen LogP contribution in [-0.2, 0) is 24.7 Å². The second kappa shape index (κ2) is 8.87. The molecule has 1 aliphatic rings. The molecule has 0 unspecified atom stereocenters. The lowest BCUT2D eigenvalue weighted by Gasteiger charge is -2.06. The Balaban J connectivity index is 0.000000257. The molecule has 0 aliphatic carbocycles. The second-order valence-electron chi connectivity index (χ2n) is 4.59. The van der Waals surface area contributed by atoms with Crippen molar-refractivity contribution in [3.8, 4) is 0 Å². The number of carboxylic acids is 1. The summed E-state index contributed by atoms with van der Waals surface area (Å²) < 4.78 is 29.2. The van der Waals surface area contributed by atoms with Crippen molar-refractivity contribution in [1.82, 2.24) is 4.31 Å². The number of halogens is 1. The monoisotopic (exact) mass is 484 g/mol. The van der Waals surface area contributed by atoms with Gasteiger partial charge in [0.25, 0.3) is 0 Å². The molecule has 1 aliphatic heterocycles. The fourth-order valence-corrected chi connectivity index (χ4v) is 2.59. The van der Waals surface area contributed by atoms with E-state index in [0.29, 0.717) is 10.1 Å². The highest BCUT2D eigenvalue weighted by molar-refractivity contribution is 14.1. The molecule has 2 rings (SSSR count). The summed E-state index contributed by atoms with van der Waals surface area (Å²) in [5.74, 6) is -2.83. The van der Waals surface area contributed by atoms with Gasteiger partial charge < -0.3 is 10.4 Å². The second-order valence-corrected chi connectivity index (χ2v) is 6.62. The van der Waals surface area contributed by atoms with Gasteiger partial charge in [-0.2, -0.15) is 12.7 Å². The van der Waals surface area contributed by atoms with Crippen LogP contribution in [0.5, 0.6) is 0 Å². The summed E-state index contributed by atoms with van der Waals surface area (Å²) in [4.78, 5) is 42.7. The molecule has 1 fully saturated rings. The number of hydrogen-bond donors (Lipinski definition) is 3. The van der Waals surface area contributed by atoms with Crippen LogP contribution in [0.15, 0.2) is 24.3 Å². The molecule has 0 bridgehead atoms. The first-order chi connectivity index (χ1) is 11.6. The van der Waals surface area contributed by atoms with Crippen molar-refractivity contribution in [3.63, 3.8) is 0 Å². The normalized spacial score (nSPS) is 13.9. The molecule has 0 spiro atoms. The molecule has 136 valence electrons. The highest BCUT2D eigenvalue weighted by atomic mass is 127. The van der Waals surface area contributed by atoms with Gasteiger partial charge in [-0.3, -0.25) is 18.9 Å². The number of rotatable bonds is 4. The average Bonchev–Trinajstić information content (AvgIpc) is 2.87. The summed E-state index contributed by atoms with van der Waals surface area (Å²) >= 11 is 1.95. The van der Waals surface area contributed by atoms with E-state index in [9.17, 15) is 27.6 Å². The van der Waals surface area contributed by atoms with Gasteiger partial charge in [-0.15, -0.1) is 0 Å². The molecule has 1 aromatic rings. The Morgan fingerprint density at radius 2 is 1.60 bits per heavy atom. The standard InChI is InChI=1S/C9H8INO3.C4H5NO5S/c10-5-8(12)11-7-3-1-6(2-4-7)9(13)14;6-3-1-2-4(7)5(3)11(8,9)10/h1-4H,5H2,(H,11,12)(H,13,14);1-2H2,(H,8,9,10). The minimum Gasteiger partial charge on any atom is -0.478 e. The number of hydrogen-bond acceptors (Lipinski definition) is 6. The van der Waals surface area contributed by atoms with Gasteiger partial charge in [0.05, 0.1) is 9.99 Å². The van der Waals surface area contributed by atoms with Crippen LogP contribution in [-0.4, -0.2) is 50.5 Å². The topological polar surface area (TPSA) is 158 Å². The van der Waals surface area contributed by atoms with E-state index in [1.54, 1.807) is 12.1 Å². The van der Waals surface area contributed by atoms with E-state index in [0.717, 1.165) is 0 Å². The zero-order valence-corrected chi connectivity index (χ0v) is 15.5. The van der Waals surface area contributed by atoms with Crippen LogP contribution in [0.4, 0.5) is 5.69 Å². The van der Waals surface area contributed by atoms with Crippen LogP contribution in [0.25, 0.3) is 0 Å². The van der Waals surface area contributed by atoms with Crippen molar-refractivity contribution in [2.45, 2.75) is 12.8 Å². The SMILES string of the molecule is O=C(CI)Nc1ccc(C(=O)O)cc1.O=C1CCC(=O)N1S(=O)(=O)O. The van der Waals surface area contributed by atoms with Crippen LogP contribution >= 0.6 is 22.6 Å². The Labute approximate surface area is 156 Å². The quantitative estimate of drug-likeness (QED) is 0.244. The molecule has 12 heteroatoms. The van der Waals surface area contributed by atoms with Gasteiger partial charge in [0.15, 0.2) is 0 Å². The first-order valence-electron chi connectivity index (χ1n) is 6.59. The lowest BCUT2D eigenvalue weighted by molar-refractivity contribution is -0.132. The molecule has 0 aromatic heterocycles. The first kappa shape index (κ1) is 21.0. The number of carbonyl (C=O) groups is 4. The Morgan fingerprint density at radius 3 is 1.92 bits per heavy atom. The summed E-state index contributed by atoms with van der Waals surface area (Å²) in [5.41, 5.74) is 0.814. The van der Waals surface area contributed by atoms with Gasteiger partial charge in [-0.05, 0) is 24.3 Å². The van der Waals surface area contributed by atoms with Crippen LogP contribution < -0.4 is 5.32 Å². The number of imide groups is 1. The number of alkyl halides is 1. The molecule has 0 atom stereocenters. The van der Waals surface area contributed by atoms with Gasteiger partial charge in [-0.25, -0.2) is 4.79 Å². The lowest BCUT2D eigenvalue weighted by Crippen LogP contribution is -2.34. The van der Waals surface area contributed by atoms with Crippen LogP contribution in [0.1, 0.15) is 23.2 Å². The molecule has 10 nitrogen and oxygen atoms in total. The highest BCUT2D eigenvalue weighted by Gasteiger charge is 2.37. The number of nitrogens with zero attached hydrogens (tertiary/aromatic N) is 1. The number of nitrogens with one attached hydrogen (secondary N) is 1. The number of anilines is 1. The summed E-state index contributed by atoms with van der Waals surface area (Å²) in [7, 11) is -4.67. The van der Waals surface area contributed by atoms with Gasteiger partial charge in [0, 0.05) is 18.5 Å². The summed E-state index contributed by atoms with van der Waals surface area (Å²) in [5, 5.41) is 11.2. The molecule has 1 aromatic carbocycles. The molecule has 0 saturated carbocycles. The summed E-state index contributed by atoms with van der Waals surface area (Å²) in [6.07, 6.45) is -0.308. The van der Waals surface area contributed by atoms with Crippen molar-refractivity contribution in [3.05, 3.63) is 29.8 Å². The maximum Gasteiger partial charge on any atom is 0.368 e. The third-order valence-corrected chi connectivity index (χ3v) is 4.33. The zero-order chi connectivity index (χ0) is 19.2. The van der Waals surface area contributed by atoms with Crippen molar-refractivity contribution in [2.24, 2.45) is 0 Å². The smallest absolute Gasteiger partial charge is 0.368 e. The predicted octanol–water partition coefficient (Wildman–Crippen LogP) is 0.697. The third-order valence-electron chi connectivity index (χ3n) is 2.77. The predicted molar refractivity (Wildman–Crippen MR) is 93.6 cm³/mol. The Bertz CT molecular complexity index is 775. The van der Waals surface area contributed by atoms with Crippen molar-refractivity contribution in [1.29, 1.82) is 0 Å². The van der Waals surface area contributed by atoms with E-state index in [-0.39, 0.29) is 28.6 Å². The highest BCUT2D eigenvalue weighted by Crippen LogP contribution is 2.14. The Kier molecular flexibility index (Phi) is 7.44. The van der Waals surface area contributed by atoms with E-state index >= 15 is 0 Å². The number of aromatic carboxylic acids is 1. The minimum atomic E-state index is -4.67. The maximum absolute atomic E-state index is 11.0. The van der Waals surface area contributed by atoms with Crippen LogP contribution in [0.2, 0.25) is 0 Å². The van der Waals surface area contributed by atoms with E-state index in [1.807, 2.05) is 22.6 Å². The largest absolute Gasteiger partial charge is 0.478 e. The molecule has 0 radical (unpaired) electrons. The lowest BCUT2D eigenvalue weighted by atomic mass is 10.2.